The van der Waals surface area contributed by atoms with E-state index in [2.05, 4.69) is 20.8 Å². The van der Waals surface area contributed by atoms with Gasteiger partial charge in [-0.2, -0.15) is 0 Å². The van der Waals surface area contributed by atoms with E-state index in [1.807, 2.05) is 68.4 Å². The number of thioether (sulfide) groups is 1. The lowest BCUT2D eigenvalue weighted by molar-refractivity contribution is -0.119. The van der Waals surface area contributed by atoms with E-state index in [1.54, 1.807) is 0 Å². The summed E-state index contributed by atoms with van der Waals surface area (Å²) in [5, 5.41) is 15.2. The Kier molecular flexibility index (Phi) is 6.25. The number of aryl methyl sites for hydroxylation is 1. The number of carbonyl (C=O) groups is 1. The fourth-order valence-electron chi connectivity index (χ4n) is 2.31. The van der Waals surface area contributed by atoms with Crippen LogP contribution in [-0.2, 0) is 4.79 Å². The quantitative estimate of drug-likeness (QED) is 0.585. The van der Waals surface area contributed by atoms with Crippen LogP contribution >= 0.6 is 23.1 Å². The van der Waals surface area contributed by atoms with Gasteiger partial charge in [-0.25, -0.2) is 0 Å². The van der Waals surface area contributed by atoms with Crippen molar-refractivity contribution in [2.45, 2.75) is 24.2 Å². The maximum atomic E-state index is 12.1. The monoisotopic (exact) mass is 384 g/mol. The summed E-state index contributed by atoms with van der Waals surface area (Å²) in [6.07, 6.45) is 0. The largest absolute Gasteiger partial charge is 0.349 e. The Labute approximate surface area is 161 Å². The van der Waals surface area contributed by atoms with Crippen LogP contribution in [0.25, 0.3) is 0 Å². The van der Waals surface area contributed by atoms with Gasteiger partial charge in [0.15, 0.2) is 4.34 Å². The summed E-state index contributed by atoms with van der Waals surface area (Å²) in [4.78, 5) is 12.1. The number of carbonyl (C=O) groups excluding carboxylic acids is 1. The van der Waals surface area contributed by atoms with Gasteiger partial charge < -0.3 is 10.6 Å². The predicted octanol–water partition coefficient (Wildman–Crippen LogP) is 4.56. The van der Waals surface area contributed by atoms with Crippen LogP contribution in [0.1, 0.15) is 24.1 Å². The molecule has 5 nitrogen and oxygen atoms in total. The third kappa shape index (κ3) is 5.31. The first-order valence-electron chi connectivity index (χ1n) is 8.24. The van der Waals surface area contributed by atoms with E-state index in [-0.39, 0.29) is 11.9 Å². The van der Waals surface area contributed by atoms with Crippen molar-refractivity contribution in [3.8, 4) is 0 Å². The van der Waals surface area contributed by atoms with E-state index in [9.17, 15) is 4.79 Å². The molecule has 7 heteroatoms. The average molecular weight is 385 g/mol. The summed E-state index contributed by atoms with van der Waals surface area (Å²) < 4.78 is 0.766. The first-order valence-corrected chi connectivity index (χ1v) is 10.0. The van der Waals surface area contributed by atoms with Crippen LogP contribution in [0.2, 0.25) is 0 Å². The molecule has 0 aliphatic heterocycles. The molecule has 3 aromatic rings. The lowest BCUT2D eigenvalue weighted by atomic mass is 10.1. The smallest absolute Gasteiger partial charge is 0.230 e. The molecule has 1 heterocycles. The van der Waals surface area contributed by atoms with Crippen LogP contribution in [0.5, 0.6) is 0 Å². The molecule has 0 radical (unpaired) electrons. The number of benzene rings is 2. The molecule has 1 atom stereocenters. The molecule has 0 spiro atoms. The van der Waals surface area contributed by atoms with Gasteiger partial charge in [-0.3, -0.25) is 4.79 Å². The molecule has 0 bridgehead atoms. The van der Waals surface area contributed by atoms with Gasteiger partial charge in [0.1, 0.15) is 0 Å². The summed E-state index contributed by atoms with van der Waals surface area (Å²) in [5.74, 6) is 0.297. The SMILES string of the molecule is Cc1ccc(Nc2nnc(SCC(=O)NC(C)c3ccccc3)s2)cc1. The molecule has 0 saturated heterocycles. The Morgan fingerprint density at radius 3 is 2.58 bits per heavy atom. The molecule has 2 N–H and O–H groups in total. The van der Waals surface area contributed by atoms with Gasteiger partial charge in [-0.05, 0) is 31.5 Å². The van der Waals surface area contributed by atoms with Gasteiger partial charge in [0, 0.05) is 5.69 Å². The molecule has 0 fully saturated rings. The van der Waals surface area contributed by atoms with Gasteiger partial charge >= 0.3 is 0 Å². The Morgan fingerprint density at radius 2 is 1.85 bits per heavy atom. The molecule has 134 valence electrons. The van der Waals surface area contributed by atoms with Crippen LogP contribution in [0.15, 0.2) is 58.9 Å². The molecule has 3 rings (SSSR count). The summed E-state index contributed by atoms with van der Waals surface area (Å²) >= 11 is 2.83. The standard InChI is InChI=1S/C19H20N4OS2/c1-13-8-10-16(11-9-13)21-18-22-23-19(26-18)25-12-17(24)20-14(2)15-6-4-3-5-7-15/h3-11,14H,12H2,1-2H3,(H,20,24)(H,21,22). The topological polar surface area (TPSA) is 66.9 Å². The highest BCUT2D eigenvalue weighted by Gasteiger charge is 2.11. The van der Waals surface area contributed by atoms with Crippen molar-refractivity contribution in [3.05, 3.63) is 65.7 Å². The number of amides is 1. The molecule has 1 unspecified atom stereocenters. The van der Waals surface area contributed by atoms with Crippen molar-refractivity contribution in [3.63, 3.8) is 0 Å². The Morgan fingerprint density at radius 1 is 1.12 bits per heavy atom. The third-order valence-electron chi connectivity index (χ3n) is 3.71. The summed E-state index contributed by atoms with van der Waals surface area (Å²) in [6.45, 7) is 4.03. The molecule has 1 aromatic heterocycles. The van der Waals surface area contributed by atoms with E-state index < -0.39 is 0 Å². The van der Waals surface area contributed by atoms with Crippen molar-refractivity contribution < 1.29 is 4.79 Å². The average Bonchev–Trinajstić information content (AvgIpc) is 3.10. The molecule has 0 saturated carbocycles. The van der Waals surface area contributed by atoms with Gasteiger partial charge in [0.05, 0.1) is 11.8 Å². The number of hydrogen-bond donors (Lipinski definition) is 2. The number of nitrogens with one attached hydrogen (secondary N) is 2. The first-order chi connectivity index (χ1) is 12.6. The Hall–Kier alpha value is -2.38. The second-order valence-electron chi connectivity index (χ2n) is 5.85. The van der Waals surface area contributed by atoms with Crippen molar-refractivity contribution in [2.24, 2.45) is 0 Å². The minimum atomic E-state index is -0.0189. The zero-order chi connectivity index (χ0) is 18.4. The number of rotatable bonds is 7. The predicted molar refractivity (Wildman–Crippen MR) is 108 cm³/mol. The third-order valence-corrected chi connectivity index (χ3v) is 5.69. The van der Waals surface area contributed by atoms with Gasteiger partial charge in [-0.15, -0.1) is 10.2 Å². The van der Waals surface area contributed by atoms with Crippen molar-refractivity contribution in [1.82, 2.24) is 15.5 Å². The zero-order valence-corrected chi connectivity index (χ0v) is 16.2. The normalized spacial score (nSPS) is 11.8. The van der Waals surface area contributed by atoms with Gasteiger partial charge in [-0.1, -0.05) is 71.1 Å². The van der Waals surface area contributed by atoms with Crippen LogP contribution in [-0.4, -0.2) is 21.9 Å². The van der Waals surface area contributed by atoms with E-state index in [0.717, 1.165) is 20.7 Å². The molecule has 1 amide bonds. The zero-order valence-electron chi connectivity index (χ0n) is 14.6. The second-order valence-corrected chi connectivity index (χ2v) is 8.05. The highest BCUT2D eigenvalue weighted by atomic mass is 32.2. The highest BCUT2D eigenvalue weighted by Crippen LogP contribution is 2.27. The number of nitrogens with zero attached hydrogens (tertiary/aromatic N) is 2. The van der Waals surface area contributed by atoms with Gasteiger partial charge in [0.25, 0.3) is 0 Å². The fourth-order valence-corrected chi connectivity index (χ4v) is 3.90. The maximum absolute atomic E-state index is 12.1. The Bertz CT molecular complexity index is 849. The van der Waals surface area contributed by atoms with Crippen molar-refractivity contribution in [1.29, 1.82) is 0 Å². The van der Waals surface area contributed by atoms with Crippen LogP contribution in [0.4, 0.5) is 10.8 Å². The minimum Gasteiger partial charge on any atom is -0.349 e. The number of hydrogen-bond acceptors (Lipinski definition) is 6. The van der Waals surface area contributed by atoms with Gasteiger partial charge in [0.2, 0.25) is 11.0 Å². The van der Waals surface area contributed by atoms with Crippen molar-refractivity contribution in [2.75, 3.05) is 11.1 Å². The molecule has 26 heavy (non-hydrogen) atoms. The number of aromatic nitrogens is 2. The molecular formula is C19H20N4OS2. The molecule has 0 aliphatic rings. The lowest BCUT2D eigenvalue weighted by Gasteiger charge is -2.13. The first kappa shape index (κ1) is 18.4. The molecule has 2 aromatic carbocycles. The van der Waals surface area contributed by atoms with Crippen LogP contribution in [0, 0.1) is 6.92 Å². The van der Waals surface area contributed by atoms with Crippen LogP contribution < -0.4 is 10.6 Å². The van der Waals surface area contributed by atoms with E-state index in [1.165, 1.54) is 28.7 Å². The van der Waals surface area contributed by atoms with E-state index in [0.29, 0.717) is 5.75 Å². The molecular weight excluding hydrogens is 364 g/mol. The summed E-state index contributed by atoms with van der Waals surface area (Å²) in [5.41, 5.74) is 3.27. The summed E-state index contributed by atoms with van der Waals surface area (Å²) in [6, 6.07) is 18.0. The van der Waals surface area contributed by atoms with E-state index >= 15 is 0 Å². The van der Waals surface area contributed by atoms with E-state index in [4.69, 9.17) is 0 Å². The van der Waals surface area contributed by atoms with Crippen LogP contribution in [0.3, 0.4) is 0 Å². The Balaban J connectivity index is 1.48. The maximum Gasteiger partial charge on any atom is 0.230 e. The second kappa shape index (κ2) is 8.82. The number of anilines is 2. The highest BCUT2D eigenvalue weighted by molar-refractivity contribution is 8.01. The molecule has 0 aliphatic carbocycles. The fraction of sp³-hybridized carbons (Fsp3) is 0.211. The van der Waals surface area contributed by atoms with Crippen molar-refractivity contribution >= 4 is 39.8 Å². The summed E-state index contributed by atoms with van der Waals surface area (Å²) in [7, 11) is 0. The lowest BCUT2D eigenvalue weighted by Crippen LogP contribution is -2.28. The minimum absolute atomic E-state index is 0.0162.